The molecule has 25 heavy (non-hydrogen) atoms. The number of nitro benzene ring substituents is 1. The van der Waals surface area contributed by atoms with Crippen LogP contribution in [0.3, 0.4) is 0 Å². The molecule has 1 aliphatic rings. The average Bonchev–Trinajstić information content (AvgIpc) is 2.54. The fourth-order valence-electron chi connectivity index (χ4n) is 2.86. The Morgan fingerprint density at radius 3 is 2.68 bits per heavy atom. The maximum Gasteiger partial charge on any atom is 0.319 e. The zero-order valence-corrected chi connectivity index (χ0v) is 14.7. The van der Waals surface area contributed by atoms with Gasteiger partial charge in [-0.3, -0.25) is 15.0 Å². The Morgan fingerprint density at radius 1 is 1.40 bits per heavy atom. The van der Waals surface area contributed by atoms with Gasteiger partial charge in [0.15, 0.2) is 0 Å². The molecule has 1 fully saturated rings. The van der Waals surface area contributed by atoms with Gasteiger partial charge in [-0.25, -0.2) is 4.79 Å². The highest BCUT2D eigenvalue weighted by molar-refractivity contribution is 5.91. The molecule has 2 amide bonds. The zero-order chi connectivity index (χ0) is 18.4. The number of nitrogens with one attached hydrogen (secondary N) is 2. The molecular formula is C16H24N4O5. The van der Waals surface area contributed by atoms with E-state index in [4.69, 9.17) is 9.47 Å². The van der Waals surface area contributed by atoms with Crippen molar-refractivity contribution in [1.29, 1.82) is 0 Å². The van der Waals surface area contributed by atoms with Crippen molar-refractivity contribution in [2.45, 2.75) is 26.1 Å². The molecule has 0 bridgehead atoms. The number of carbonyl (C=O) groups excluding carboxylic acids is 1. The van der Waals surface area contributed by atoms with Crippen LogP contribution in [0.1, 0.15) is 13.8 Å². The Labute approximate surface area is 146 Å². The summed E-state index contributed by atoms with van der Waals surface area (Å²) in [6.45, 7) is 6.80. The van der Waals surface area contributed by atoms with Crippen LogP contribution in [0.4, 0.5) is 16.2 Å². The molecule has 1 heterocycles. The summed E-state index contributed by atoms with van der Waals surface area (Å²) >= 11 is 0. The third kappa shape index (κ3) is 5.57. The lowest BCUT2D eigenvalue weighted by Gasteiger charge is -2.35. The van der Waals surface area contributed by atoms with Crippen molar-refractivity contribution in [3.05, 3.63) is 28.3 Å². The van der Waals surface area contributed by atoms with Gasteiger partial charge in [0, 0.05) is 26.2 Å². The monoisotopic (exact) mass is 352 g/mol. The summed E-state index contributed by atoms with van der Waals surface area (Å²) in [6.07, 6.45) is 0.332. The SMILES string of the molecule is COc1ccc(NC(=O)NCCN2C[C@H](C)O[C@@H](C)C2)c([N+](=O)[O-])c1. The molecule has 0 aliphatic carbocycles. The summed E-state index contributed by atoms with van der Waals surface area (Å²) < 4.78 is 10.6. The topological polar surface area (TPSA) is 106 Å². The number of hydrogen-bond donors (Lipinski definition) is 2. The second-order valence-corrected chi connectivity index (χ2v) is 6.04. The van der Waals surface area contributed by atoms with Gasteiger partial charge in [0.1, 0.15) is 11.4 Å². The van der Waals surface area contributed by atoms with Gasteiger partial charge in [-0.2, -0.15) is 0 Å². The Hall–Kier alpha value is -2.39. The molecule has 0 unspecified atom stereocenters. The molecule has 2 N–H and O–H groups in total. The van der Waals surface area contributed by atoms with Gasteiger partial charge < -0.3 is 20.1 Å². The summed E-state index contributed by atoms with van der Waals surface area (Å²) in [5.74, 6) is 0.355. The van der Waals surface area contributed by atoms with Crippen molar-refractivity contribution < 1.29 is 19.2 Å². The molecule has 138 valence electrons. The number of morpholine rings is 1. The number of anilines is 1. The lowest BCUT2D eigenvalue weighted by molar-refractivity contribution is -0.384. The minimum atomic E-state index is -0.561. The molecule has 2 rings (SSSR count). The van der Waals surface area contributed by atoms with Crippen LogP contribution in [0.15, 0.2) is 18.2 Å². The van der Waals surface area contributed by atoms with E-state index in [1.165, 1.54) is 19.2 Å². The predicted molar refractivity (Wildman–Crippen MR) is 93.1 cm³/mol. The maximum atomic E-state index is 12.0. The van der Waals surface area contributed by atoms with Gasteiger partial charge in [-0.05, 0) is 26.0 Å². The first-order valence-corrected chi connectivity index (χ1v) is 8.14. The highest BCUT2D eigenvalue weighted by Crippen LogP contribution is 2.28. The predicted octanol–water partition coefficient (Wildman–Crippen LogP) is 1.83. The van der Waals surface area contributed by atoms with Crippen LogP contribution in [0.2, 0.25) is 0 Å². The largest absolute Gasteiger partial charge is 0.496 e. The van der Waals surface area contributed by atoms with Gasteiger partial charge >= 0.3 is 6.03 Å². The van der Waals surface area contributed by atoms with E-state index in [-0.39, 0.29) is 23.6 Å². The zero-order valence-electron chi connectivity index (χ0n) is 14.7. The van der Waals surface area contributed by atoms with Crippen LogP contribution in [0.5, 0.6) is 5.75 Å². The quantitative estimate of drug-likeness (QED) is 0.598. The van der Waals surface area contributed by atoms with E-state index in [0.717, 1.165) is 13.1 Å². The molecule has 9 nitrogen and oxygen atoms in total. The van der Waals surface area contributed by atoms with Crippen molar-refractivity contribution in [2.75, 3.05) is 38.6 Å². The van der Waals surface area contributed by atoms with E-state index >= 15 is 0 Å². The lowest BCUT2D eigenvalue weighted by atomic mass is 10.2. The second-order valence-electron chi connectivity index (χ2n) is 6.04. The van der Waals surface area contributed by atoms with Crippen molar-refractivity contribution >= 4 is 17.4 Å². The van der Waals surface area contributed by atoms with E-state index < -0.39 is 11.0 Å². The van der Waals surface area contributed by atoms with E-state index in [1.807, 2.05) is 13.8 Å². The number of carbonyl (C=O) groups is 1. The molecule has 9 heteroatoms. The van der Waals surface area contributed by atoms with Crippen molar-refractivity contribution in [1.82, 2.24) is 10.2 Å². The summed E-state index contributed by atoms with van der Waals surface area (Å²) in [6, 6.07) is 3.79. The van der Waals surface area contributed by atoms with Crippen molar-refractivity contribution in [3.8, 4) is 5.75 Å². The van der Waals surface area contributed by atoms with Crippen LogP contribution in [0.25, 0.3) is 0 Å². The first-order valence-electron chi connectivity index (χ1n) is 8.14. The van der Waals surface area contributed by atoms with Crippen LogP contribution in [-0.2, 0) is 4.74 Å². The number of methoxy groups -OCH3 is 1. The Morgan fingerprint density at radius 2 is 2.08 bits per heavy atom. The molecule has 1 aromatic carbocycles. The van der Waals surface area contributed by atoms with E-state index in [1.54, 1.807) is 6.07 Å². The number of hydrogen-bond acceptors (Lipinski definition) is 6. The van der Waals surface area contributed by atoms with Crippen LogP contribution in [0, 0.1) is 10.1 Å². The first kappa shape index (κ1) is 18.9. The Balaban J connectivity index is 1.85. The minimum absolute atomic E-state index is 0.122. The fourth-order valence-corrected chi connectivity index (χ4v) is 2.86. The molecule has 0 radical (unpaired) electrons. The van der Waals surface area contributed by atoms with Gasteiger partial charge in [0.2, 0.25) is 0 Å². The number of amides is 2. The standard InChI is InChI=1S/C16H24N4O5/c1-11-9-19(10-12(2)25-11)7-6-17-16(21)18-14-5-4-13(24-3)8-15(14)20(22)23/h4-5,8,11-12H,6-7,9-10H2,1-3H3,(H2,17,18,21)/t11-,12-/m0/s1. The molecule has 0 saturated carbocycles. The summed E-state index contributed by atoms with van der Waals surface area (Å²) in [5, 5.41) is 16.3. The van der Waals surface area contributed by atoms with Crippen LogP contribution < -0.4 is 15.4 Å². The second kappa shape index (κ2) is 8.63. The number of urea groups is 1. The Kier molecular flexibility index (Phi) is 6.54. The van der Waals surface area contributed by atoms with E-state index in [2.05, 4.69) is 15.5 Å². The van der Waals surface area contributed by atoms with Crippen LogP contribution in [-0.4, -0.2) is 61.4 Å². The highest BCUT2D eigenvalue weighted by Gasteiger charge is 2.22. The number of nitro groups is 1. The normalized spacial score (nSPS) is 20.8. The number of ether oxygens (including phenoxy) is 2. The van der Waals surface area contributed by atoms with Crippen LogP contribution >= 0.6 is 0 Å². The number of nitrogens with zero attached hydrogens (tertiary/aromatic N) is 2. The molecule has 0 spiro atoms. The average molecular weight is 352 g/mol. The number of benzene rings is 1. The lowest BCUT2D eigenvalue weighted by Crippen LogP contribution is -2.48. The fraction of sp³-hybridized carbons (Fsp3) is 0.562. The maximum absolute atomic E-state index is 12.0. The molecule has 2 atom stereocenters. The van der Waals surface area contributed by atoms with Gasteiger partial charge in [-0.1, -0.05) is 0 Å². The minimum Gasteiger partial charge on any atom is -0.496 e. The highest BCUT2D eigenvalue weighted by atomic mass is 16.6. The first-order chi connectivity index (χ1) is 11.9. The molecule has 1 saturated heterocycles. The molecule has 1 aliphatic heterocycles. The van der Waals surface area contributed by atoms with Gasteiger partial charge in [-0.15, -0.1) is 0 Å². The van der Waals surface area contributed by atoms with E-state index in [0.29, 0.717) is 18.8 Å². The summed E-state index contributed by atoms with van der Waals surface area (Å²) in [4.78, 5) is 24.8. The van der Waals surface area contributed by atoms with Gasteiger partial charge in [0.25, 0.3) is 5.69 Å². The molecule has 0 aromatic heterocycles. The molecule has 1 aromatic rings. The van der Waals surface area contributed by atoms with Crippen molar-refractivity contribution in [2.24, 2.45) is 0 Å². The smallest absolute Gasteiger partial charge is 0.319 e. The van der Waals surface area contributed by atoms with Gasteiger partial charge in [0.05, 0.1) is 30.3 Å². The molecular weight excluding hydrogens is 328 g/mol. The Bertz CT molecular complexity index is 615. The third-order valence-corrected chi connectivity index (χ3v) is 3.86. The summed E-state index contributed by atoms with van der Waals surface area (Å²) in [5.41, 5.74) is -0.0951. The number of rotatable bonds is 6. The van der Waals surface area contributed by atoms with E-state index in [9.17, 15) is 14.9 Å². The van der Waals surface area contributed by atoms with Crippen molar-refractivity contribution in [3.63, 3.8) is 0 Å². The summed E-state index contributed by atoms with van der Waals surface area (Å²) in [7, 11) is 1.42. The third-order valence-electron chi connectivity index (χ3n) is 3.86.